The second-order valence-electron chi connectivity index (χ2n) is 5.85. The maximum Gasteiger partial charge on any atom is 0.206 e. The molecule has 0 bridgehead atoms. The van der Waals surface area contributed by atoms with Crippen molar-refractivity contribution in [1.82, 2.24) is 9.97 Å². The predicted molar refractivity (Wildman–Crippen MR) is 106 cm³/mol. The molecular formula is C20H16ClN5O. The van der Waals surface area contributed by atoms with E-state index in [0.29, 0.717) is 18.1 Å². The van der Waals surface area contributed by atoms with Crippen LogP contribution in [0.5, 0.6) is 0 Å². The third-order valence-corrected chi connectivity index (χ3v) is 4.19. The second kappa shape index (κ2) is 8.30. The van der Waals surface area contributed by atoms with Gasteiger partial charge in [-0.15, -0.1) is 0 Å². The molecule has 0 radical (unpaired) electrons. The zero-order chi connectivity index (χ0) is 19.2. The van der Waals surface area contributed by atoms with E-state index < -0.39 is 0 Å². The number of pyridine rings is 2. The Hall–Kier alpha value is -3.43. The summed E-state index contributed by atoms with van der Waals surface area (Å²) >= 11 is 6.08. The molecule has 134 valence electrons. The fraction of sp³-hybridized carbons (Fsp3) is 0.100. The van der Waals surface area contributed by atoms with E-state index in [1.54, 1.807) is 6.20 Å². The fourth-order valence-electron chi connectivity index (χ4n) is 2.58. The lowest BCUT2D eigenvalue weighted by Gasteiger charge is -2.10. The van der Waals surface area contributed by atoms with Crippen molar-refractivity contribution in [2.24, 2.45) is 0 Å². The van der Waals surface area contributed by atoms with E-state index in [4.69, 9.17) is 23.9 Å². The molecule has 0 saturated carbocycles. The van der Waals surface area contributed by atoms with Gasteiger partial charge in [-0.3, -0.25) is 9.78 Å². The van der Waals surface area contributed by atoms with Crippen LogP contribution in [0.15, 0.2) is 54.9 Å². The number of halogens is 1. The monoisotopic (exact) mass is 377 g/mol. The molecule has 3 aromatic rings. The van der Waals surface area contributed by atoms with E-state index in [-0.39, 0.29) is 22.9 Å². The molecule has 27 heavy (non-hydrogen) atoms. The van der Waals surface area contributed by atoms with E-state index in [2.05, 4.69) is 20.1 Å². The number of rotatable bonds is 6. The summed E-state index contributed by atoms with van der Waals surface area (Å²) in [6.45, 7) is 7.51. The number of benzene rings is 1. The van der Waals surface area contributed by atoms with Crippen molar-refractivity contribution in [2.75, 3.05) is 11.1 Å². The number of ketones is 1. The van der Waals surface area contributed by atoms with Crippen LogP contribution < -0.4 is 11.1 Å². The molecule has 0 aliphatic carbocycles. The lowest BCUT2D eigenvalue weighted by Crippen LogP contribution is -2.08. The van der Waals surface area contributed by atoms with Gasteiger partial charge in [0.15, 0.2) is 5.78 Å². The van der Waals surface area contributed by atoms with Crippen LogP contribution in [-0.4, -0.2) is 15.8 Å². The summed E-state index contributed by atoms with van der Waals surface area (Å²) in [5.41, 5.74) is 8.92. The van der Waals surface area contributed by atoms with Crippen LogP contribution >= 0.6 is 11.6 Å². The van der Waals surface area contributed by atoms with Crippen LogP contribution in [0.25, 0.3) is 4.85 Å². The number of carbonyl (C=O) groups excluding carboxylic acids is 1. The van der Waals surface area contributed by atoms with Crippen molar-refractivity contribution < 1.29 is 4.79 Å². The minimum atomic E-state index is -0.196. The molecule has 0 saturated heterocycles. The zero-order valence-electron chi connectivity index (χ0n) is 14.3. The van der Waals surface area contributed by atoms with Gasteiger partial charge in [0.1, 0.15) is 11.5 Å². The van der Waals surface area contributed by atoms with Gasteiger partial charge in [-0.25, -0.2) is 9.83 Å². The van der Waals surface area contributed by atoms with Crippen LogP contribution in [0.4, 0.5) is 17.2 Å². The number of nitrogens with zero attached hydrogens (tertiary/aromatic N) is 3. The number of hydrogen-bond acceptors (Lipinski definition) is 5. The van der Waals surface area contributed by atoms with Crippen LogP contribution in [0.3, 0.4) is 0 Å². The number of hydrogen-bond donors (Lipinski definition) is 2. The summed E-state index contributed by atoms with van der Waals surface area (Å²) in [5, 5.41) is 3.42. The average molecular weight is 378 g/mol. The molecule has 7 heteroatoms. The number of Topliss-reactive ketones (excluding diaryl/α,β-unsaturated/α-hetero) is 1. The van der Waals surface area contributed by atoms with Crippen molar-refractivity contribution in [3.63, 3.8) is 0 Å². The fourth-order valence-corrected chi connectivity index (χ4v) is 2.84. The molecule has 3 N–H and O–H groups in total. The first-order valence-electron chi connectivity index (χ1n) is 8.15. The van der Waals surface area contributed by atoms with Gasteiger partial charge >= 0.3 is 0 Å². The zero-order valence-corrected chi connectivity index (χ0v) is 15.1. The normalized spacial score (nSPS) is 10.2. The molecule has 0 aliphatic rings. The van der Waals surface area contributed by atoms with Gasteiger partial charge in [-0.2, -0.15) is 0 Å². The Balaban J connectivity index is 1.69. The number of carbonyl (C=O) groups is 1. The molecule has 2 aromatic heterocycles. The molecule has 0 atom stereocenters. The van der Waals surface area contributed by atoms with Gasteiger partial charge in [0.2, 0.25) is 5.69 Å². The molecule has 1 aromatic carbocycles. The number of nitrogen functional groups attached to an aromatic ring is 1. The highest BCUT2D eigenvalue weighted by atomic mass is 35.5. The predicted octanol–water partition coefficient (Wildman–Crippen LogP) is 4.30. The molecule has 0 aliphatic heterocycles. The largest absolute Gasteiger partial charge is 0.382 e. The van der Waals surface area contributed by atoms with E-state index in [1.165, 1.54) is 12.3 Å². The molecule has 6 nitrogen and oxygen atoms in total. The third kappa shape index (κ3) is 4.60. The summed E-state index contributed by atoms with van der Waals surface area (Å²) in [6, 6.07) is 12.8. The molecule has 0 spiro atoms. The number of nitrogens with two attached hydrogens (primary N) is 1. The van der Waals surface area contributed by atoms with Crippen molar-refractivity contribution in [1.29, 1.82) is 0 Å². The molecular weight excluding hydrogens is 362 g/mol. The maximum atomic E-state index is 12.5. The lowest BCUT2D eigenvalue weighted by atomic mass is 10.0. The SMILES string of the molecule is [C-]#[N+]c1cnc(C(=O)Cc2cccc(CNc3cccnc3N)c2)c(Cl)c1. The number of nitrogens with one attached hydrogen (secondary N) is 1. The number of aromatic nitrogens is 2. The second-order valence-corrected chi connectivity index (χ2v) is 6.25. The van der Waals surface area contributed by atoms with Crippen LogP contribution in [0, 0.1) is 6.57 Å². The van der Waals surface area contributed by atoms with Gasteiger partial charge in [-0.1, -0.05) is 35.9 Å². The summed E-state index contributed by atoms with van der Waals surface area (Å²) in [4.78, 5) is 23.8. The van der Waals surface area contributed by atoms with Crippen molar-refractivity contribution in [2.45, 2.75) is 13.0 Å². The van der Waals surface area contributed by atoms with Gasteiger partial charge < -0.3 is 11.1 Å². The Labute approximate surface area is 161 Å². The highest BCUT2D eigenvalue weighted by Crippen LogP contribution is 2.22. The van der Waals surface area contributed by atoms with Crippen LogP contribution in [0.2, 0.25) is 5.02 Å². The Morgan fingerprint density at radius 2 is 2.00 bits per heavy atom. The van der Waals surface area contributed by atoms with Crippen LogP contribution in [0.1, 0.15) is 21.6 Å². The minimum Gasteiger partial charge on any atom is -0.382 e. The Morgan fingerprint density at radius 1 is 1.19 bits per heavy atom. The quantitative estimate of drug-likeness (QED) is 0.494. The van der Waals surface area contributed by atoms with E-state index in [0.717, 1.165) is 16.8 Å². The summed E-state index contributed by atoms with van der Waals surface area (Å²) in [5.74, 6) is 0.241. The highest BCUT2D eigenvalue weighted by molar-refractivity contribution is 6.33. The van der Waals surface area contributed by atoms with Gasteiger partial charge in [0.25, 0.3) is 0 Å². The Kier molecular flexibility index (Phi) is 5.64. The summed E-state index contributed by atoms with van der Waals surface area (Å²) in [7, 11) is 0. The minimum absolute atomic E-state index is 0.174. The van der Waals surface area contributed by atoms with Crippen LogP contribution in [-0.2, 0) is 13.0 Å². The number of anilines is 2. The molecule has 0 fully saturated rings. The van der Waals surface area contributed by atoms with Gasteiger partial charge in [0.05, 0.1) is 17.3 Å². The molecule has 0 unspecified atom stereocenters. The molecule has 2 heterocycles. The molecule has 3 rings (SSSR count). The van der Waals surface area contributed by atoms with Gasteiger partial charge in [0, 0.05) is 25.4 Å². The summed E-state index contributed by atoms with van der Waals surface area (Å²) in [6.07, 6.45) is 3.16. The summed E-state index contributed by atoms with van der Waals surface area (Å²) < 4.78 is 0. The highest BCUT2D eigenvalue weighted by Gasteiger charge is 2.14. The van der Waals surface area contributed by atoms with E-state index in [1.807, 2.05) is 36.4 Å². The van der Waals surface area contributed by atoms with Crippen molar-refractivity contribution in [3.8, 4) is 0 Å². The van der Waals surface area contributed by atoms with E-state index >= 15 is 0 Å². The average Bonchev–Trinajstić information content (AvgIpc) is 2.67. The Bertz CT molecular complexity index is 1030. The van der Waals surface area contributed by atoms with Crippen molar-refractivity contribution in [3.05, 3.63) is 88.1 Å². The topological polar surface area (TPSA) is 85.3 Å². The first kappa shape index (κ1) is 18.4. The third-order valence-electron chi connectivity index (χ3n) is 3.90. The standard InChI is InChI=1S/C20H16ClN5O/c1-23-15-10-16(21)19(26-12-15)18(27)9-13-4-2-5-14(8-13)11-25-17-6-3-7-24-20(17)22/h2-8,10,12,25H,9,11H2,(H2,22,24). The van der Waals surface area contributed by atoms with E-state index in [9.17, 15) is 4.79 Å². The molecule has 0 amide bonds. The Morgan fingerprint density at radius 3 is 2.74 bits per heavy atom. The first-order valence-corrected chi connectivity index (χ1v) is 8.53. The first-order chi connectivity index (χ1) is 13.1. The van der Waals surface area contributed by atoms with Crippen molar-refractivity contribution >= 4 is 34.6 Å². The smallest absolute Gasteiger partial charge is 0.206 e. The maximum absolute atomic E-state index is 12.5. The lowest BCUT2D eigenvalue weighted by molar-refractivity contribution is 0.0988. The van der Waals surface area contributed by atoms with Gasteiger partial charge in [-0.05, 0) is 29.3 Å².